The summed E-state index contributed by atoms with van der Waals surface area (Å²) >= 11 is 0. The molecule has 1 unspecified atom stereocenters. The number of pyridine rings is 1. The maximum absolute atomic E-state index is 13.4. The average Bonchev–Trinajstić information content (AvgIpc) is 2.23. The van der Waals surface area contributed by atoms with E-state index in [0.29, 0.717) is 6.07 Å². The van der Waals surface area contributed by atoms with Gasteiger partial charge >= 0.3 is 0 Å². The molecule has 0 spiro atoms. The minimum atomic E-state index is -0.935. The topological polar surface area (TPSA) is 80.0 Å². The van der Waals surface area contributed by atoms with Gasteiger partial charge in [-0.2, -0.15) is 0 Å². The van der Waals surface area contributed by atoms with Gasteiger partial charge in [0.1, 0.15) is 6.04 Å². The summed E-state index contributed by atoms with van der Waals surface area (Å²) in [6, 6.07) is -0.106. The third-order valence-corrected chi connectivity index (χ3v) is 2.20. The Morgan fingerprint density at radius 2 is 1.95 bits per heavy atom. The fraction of sp³-hybridized carbons (Fsp3) is 0.500. The molecule has 5 nitrogen and oxygen atoms in total. The van der Waals surface area contributed by atoms with Gasteiger partial charge in [-0.05, 0) is 27.7 Å². The van der Waals surface area contributed by atoms with Crippen molar-refractivity contribution in [3.05, 3.63) is 17.7 Å². The van der Waals surface area contributed by atoms with Crippen LogP contribution in [0.25, 0.3) is 0 Å². The molecule has 1 rings (SSSR count). The fourth-order valence-corrected chi connectivity index (χ4v) is 1.33. The molecular weight excluding hydrogens is 254 g/mol. The van der Waals surface area contributed by atoms with Crippen molar-refractivity contribution in [1.82, 2.24) is 10.3 Å². The van der Waals surface area contributed by atoms with E-state index in [-0.39, 0.29) is 11.7 Å². The predicted octanol–water partition coefficient (Wildman–Crippen LogP) is 1.66. The van der Waals surface area contributed by atoms with Gasteiger partial charge in [-0.15, -0.1) is 0 Å². The summed E-state index contributed by atoms with van der Waals surface area (Å²) in [4.78, 5) is 15.3. The first kappa shape index (κ1) is 15.1. The summed E-state index contributed by atoms with van der Waals surface area (Å²) < 4.78 is 26.4. The van der Waals surface area contributed by atoms with Crippen molar-refractivity contribution in [3.63, 3.8) is 0 Å². The van der Waals surface area contributed by atoms with Gasteiger partial charge in [0.25, 0.3) is 0 Å². The summed E-state index contributed by atoms with van der Waals surface area (Å²) in [6.07, 6.45) is 0. The molecule has 1 amide bonds. The highest BCUT2D eigenvalue weighted by molar-refractivity contribution is 5.84. The van der Waals surface area contributed by atoms with E-state index in [9.17, 15) is 13.6 Å². The molecule has 0 bridgehead atoms. The zero-order valence-corrected chi connectivity index (χ0v) is 11.3. The van der Waals surface area contributed by atoms with Gasteiger partial charge in [0, 0.05) is 11.6 Å². The molecule has 1 atom stereocenters. The number of nitrogens with two attached hydrogens (primary N) is 1. The van der Waals surface area contributed by atoms with Crippen LogP contribution in [-0.4, -0.2) is 22.5 Å². The van der Waals surface area contributed by atoms with Crippen LogP contribution in [0.15, 0.2) is 6.07 Å². The largest absolute Gasteiger partial charge is 0.381 e. The number of rotatable bonds is 3. The molecule has 0 aliphatic carbocycles. The second kappa shape index (κ2) is 5.38. The van der Waals surface area contributed by atoms with E-state index in [0.717, 1.165) is 0 Å². The zero-order valence-electron chi connectivity index (χ0n) is 11.3. The third-order valence-electron chi connectivity index (χ3n) is 2.20. The minimum Gasteiger partial charge on any atom is -0.381 e. The number of carbonyl (C=O) groups excluding carboxylic acids is 1. The first-order valence-corrected chi connectivity index (χ1v) is 5.80. The van der Waals surface area contributed by atoms with Gasteiger partial charge in [-0.1, -0.05) is 0 Å². The zero-order chi connectivity index (χ0) is 14.8. The summed E-state index contributed by atoms with van der Waals surface area (Å²) in [5.74, 6) is -2.84. The lowest BCUT2D eigenvalue weighted by molar-refractivity contribution is -0.122. The molecule has 0 saturated carbocycles. The van der Waals surface area contributed by atoms with Crippen molar-refractivity contribution in [2.45, 2.75) is 39.3 Å². The molecule has 1 aromatic heterocycles. The van der Waals surface area contributed by atoms with Crippen molar-refractivity contribution in [3.8, 4) is 0 Å². The quantitative estimate of drug-likeness (QED) is 0.781. The van der Waals surface area contributed by atoms with Crippen LogP contribution in [0.1, 0.15) is 27.7 Å². The third kappa shape index (κ3) is 4.35. The monoisotopic (exact) mass is 272 g/mol. The van der Waals surface area contributed by atoms with Gasteiger partial charge in [-0.25, -0.2) is 13.8 Å². The van der Waals surface area contributed by atoms with Crippen LogP contribution in [0.3, 0.4) is 0 Å². The fourth-order valence-electron chi connectivity index (χ4n) is 1.33. The second-order valence-electron chi connectivity index (χ2n) is 5.29. The highest BCUT2D eigenvalue weighted by Crippen LogP contribution is 2.17. The SMILES string of the molecule is CC(Nc1nc(N)c(F)cc1F)C(=O)NC(C)(C)C. The summed E-state index contributed by atoms with van der Waals surface area (Å²) in [6.45, 7) is 7.02. The minimum absolute atomic E-state index is 0.254. The highest BCUT2D eigenvalue weighted by atomic mass is 19.1. The van der Waals surface area contributed by atoms with E-state index in [2.05, 4.69) is 15.6 Å². The van der Waals surface area contributed by atoms with E-state index in [1.54, 1.807) is 6.92 Å². The lowest BCUT2D eigenvalue weighted by atomic mass is 10.1. The summed E-state index contributed by atoms with van der Waals surface area (Å²) in [5.41, 5.74) is 4.85. The molecule has 4 N–H and O–H groups in total. The van der Waals surface area contributed by atoms with E-state index in [1.165, 1.54) is 0 Å². The molecule has 0 aliphatic heterocycles. The molecule has 0 fully saturated rings. The van der Waals surface area contributed by atoms with Gasteiger partial charge in [-0.3, -0.25) is 4.79 Å². The number of hydrogen-bond acceptors (Lipinski definition) is 4. The van der Waals surface area contributed by atoms with Crippen LogP contribution >= 0.6 is 0 Å². The van der Waals surface area contributed by atoms with Crippen molar-refractivity contribution >= 4 is 17.5 Å². The molecule has 1 aromatic rings. The van der Waals surface area contributed by atoms with Gasteiger partial charge < -0.3 is 16.4 Å². The number of nitrogen functional groups attached to an aromatic ring is 1. The Kier molecular flexibility index (Phi) is 4.28. The van der Waals surface area contributed by atoms with E-state index in [1.807, 2.05) is 20.8 Å². The Labute approximate surface area is 110 Å². The number of anilines is 2. The maximum atomic E-state index is 13.4. The van der Waals surface area contributed by atoms with Crippen molar-refractivity contribution < 1.29 is 13.6 Å². The van der Waals surface area contributed by atoms with Crippen LogP contribution in [-0.2, 0) is 4.79 Å². The van der Waals surface area contributed by atoms with Gasteiger partial charge in [0.05, 0.1) is 0 Å². The lowest BCUT2D eigenvalue weighted by Crippen LogP contribution is -2.47. The van der Waals surface area contributed by atoms with Crippen LogP contribution in [0.4, 0.5) is 20.4 Å². The first-order valence-electron chi connectivity index (χ1n) is 5.80. The molecule has 106 valence electrons. The molecule has 0 aliphatic rings. The standard InChI is InChI=1S/C12H18F2N4O/c1-6(11(19)18-12(2,3)4)16-10-8(14)5-7(13)9(15)17-10/h5-6H,1-4H3,(H,18,19)(H3,15,16,17). The molecule has 7 heteroatoms. The Balaban J connectivity index is 2.80. The number of hydrogen-bond donors (Lipinski definition) is 3. The van der Waals surface area contributed by atoms with E-state index < -0.39 is 29.0 Å². The van der Waals surface area contributed by atoms with Crippen molar-refractivity contribution in [2.24, 2.45) is 0 Å². The predicted molar refractivity (Wildman–Crippen MR) is 69.5 cm³/mol. The smallest absolute Gasteiger partial charge is 0.242 e. The van der Waals surface area contributed by atoms with Crippen LogP contribution in [0.2, 0.25) is 0 Å². The average molecular weight is 272 g/mol. The van der Waals surface area contributed by atoms with Crippen molar-refractivity contribution in [1.29, 1.82) is 0 Å². The summed E-state index contributed by atoms with van der Waals surface area (Å²) in [7, 11) is 0. The Hall–Kier alpha value is -1.92. The molecule has 19 heavy (non-hydrogen) atoms. The molecule has 0 saturated heterocycles. The number of amides is 1. The number of nitrogens with one attached hydrogen (secondary N) is 2. The second-order valence-corrected chi connectivity index (χ2v) is 5.29. The normalized spacial score (nSPS) is 12.9. The molecule has 0 aromatic carbocycles. The highest BCUT2D eigenvalue weighted by Gasteiger charge is 2.21. The molecule has 1 heterocycles. The lowest BCUT2D eigenvalue weighted by Gasteiger charge is -2.24. The van der Waals surface area contributed by atoms with Crippen LogP contribution in [0, 0.1) is 11.6 Å². The Morgan fingerprint density at radius 3 is 2.47 bits per heavy atom. The maximum Gasteiger partial charge on any atom is 0.242 e. The first-order chi connectivity index (χ1) is 8.60. The molecule has 0 radical (unpaired) electrons. The van der Waals surface area contributed by atoms with Crippen LogP contribution in [0.5, 0.6) is 0 Å². The van der Waals surface area contributed by atoms with Crippen molar-refractivity contribution in [2.75, 3.05) is 11.1 Å². The van der Waals surface area contributed by atoms with Gasteiger partial charge in [0.15, 0.2) is 23.3 Å². The number of aromatic nitrogens is 1. The number of nitrogens with zero attached hydrogens (tertiary/aromatic N) is 1. The number of carbonyl (C=O) groups is 1. The Bertz CT molecular complexity index is 485. The van der Waals surface area contributed by atoms with E-state index in [4.69, 9.17) is 5.73 Å². The molecular formula is C12H18F2N4O. The van der Waals surface area contributed by atoms with Crippen LogP contribution < -0.4 is 16.4 Å². The Morgan fingerprint density at radius 1 is 1.37 bits per heavy atom. The number of halogens is 2. The van der Waals surface area contributed by atoms with Gasteiger partial charge in [0.2, 0.25) is 5.91 Å². The van der Waals surface area contributed by atoms with E-state index >= 15 is 0 Å². The summed E-state index contributed by atoms with van der Waals surface area (Å²) in [5, 5.41) is 5.28.